The number of amides is 2. The Morgan fingerprint density at radius 1 is 1.41 bits per heavy atom. The van der Waals surface area contributed by atoms with Crippen molar-refractivity contribution in [2.45, 2.75) is 57.5 Å². The number of urea groups is 1. The van der Waals surface area contributed by atoms with Crippen molar-refractivity contribution >= 4 is 6.03 Å². The van der Waals surface area contributed by atoms with Gasteiger partial charge in [-0.3, -0.25) is 0 Å². The highest BCUT2D eigenvalue weighted by Crippen LogP contribution is 2.39. The Morgan fingerprint density at radius 2 is 2.06 bits per heavy atom. The van der Waals surface area contributed by atoms with Crippen LogP contribution in [0.3, 0.4) is 0 Å². The molecule has 98 valence electrons. The first-order chi connectivity index (χ1) is 8.03. The number of hydrogen-bond donors (Lipinski definition) is 3. The first kappa shape index (κ1) is 12.7. The first-order valence-corrected chi connectivity index (χ1v) is 6.73. The molecule has 0 heterocycles. The Balaban J connectivity index is 1.74. The molecule has 0 spiro atoms. The standard InChI is InChI=1S/C13H24N2O2/c1-9(7-10-3-4-10)14-12(17)15-13(2,8-16)11-5-6-11/h9-11,16H,3-8H2,1-2H3,(H2,14,15,17)/t9-,13+/m1/s1. The lowest BCUT2D eigenvalue weighted by Crippen LogP contribution is -2.55. The number of rotatable bonds is 6. The lowest BCUT2D eigenvalue weighted by molar-refractivity contribution is 0.154. The van der Waals surface area contributed by atoms with Crippen LogP contribution < -0.4 is 10.6 Å². The summed E-state index contributed by atoms with van der Waals surface area (Å²) < 4.78 is 0. The van der Waals surface area contributed by atoms with Gasteiger partial charge in [-0.05, 0) is 44.9 Å². The van der Waals surface area contributed by atoms with E-state index in [4.69, 9.17) is 0 Å². The van der Waals surface area contributed by atoms with Gasteiger partial charge in [-0.15, -0.1) is 0 Å². The topological polar surface area (TPSA) is 61.4 Å². The van der Waals surface area contributed by atoms with Crippen LogP contribution in [0.1, 0.15) is 46.0 Å². The lowest BCUT2D eigenvalue weighted by atomic mass is 9.97. The van der Waals surface area contributed by atoms with Crippen molar-refractivity contribution in [1.82, 2.24) is 10.6 Å². The van der Waals surface area contributed by atoms with E-state index in [1.807, 2.05) is 13.8 Å². The van der Waals surface area contributed by atoms with Crippen LogP contribution in [0.5, 0.6) is 0 Å². The van der Waals surface area contributed by atoms with Gasteiger partial charge < -0.3 is 15.7 Å². The van der Waals surface area contributed by atoms with E-state index in [-0.39, 0.29) is 18.7 Å². The van der Waals surface area contributed by atoms with Crippen LogP contribution in [0.4, 0.5) is 4.79 Å². The van der Waals surface area contributed by atoms with Gasteiger partial charge in [0.25, 0.3) is 0 Å². The number of hydrogen-bond acceptors (Lipinski definition) is 2. The summed E-state index contributed by atoms with van der Waals surface area (Å²) in [6, 6.07) is 0.0891. The van der Waals surface area contributed by atoms with Crippen LogP contribution in [0.25, 0.3) is 0 Å². The van der Waals surface area contributed by atoms with E-state index in [1.54, 1.807) is 0 Å². The van der Waals surface area contributed by atoms with Gasteiger partial charge in [-0.2, -0.15) is 0 Å². The van der Waals surface area contributed by atoms with Crippen molar-refractivity contribution in [3.63, 3.8) is 0 Å². The summed E-state index contributed by atoms with van der Waals surface area (Å²) in [6.07, 6.45) is 5.91. The maximum absolute atomic E-state index is 11.8. The van der Waals surface area contributed by atoms with Crippen LogP contribution in [0.15, 0.2) is 0 Å². The number of aliphatic hydroxyl groups is 1. The highest BCUT2D eigenvalue weighted by atomic mass is 16.3. The molecule has 2 saturated carbocycles. The van der Waals surface area contributed by atoms with Crippen LogP contribution in [-0.2, 0) is 0 Å². The molecular weight excluding hydrogens is 216 g/mol. The van der Waals surface area contributed by atoms with Crippen molar-refractivity contribution in [3.05, 3.63) is 0 Å². The molecule has 0 aromatic carbocycles. The van der Waals surface area contributed by atoms with Crippen LogP contribution in [0.2, 0.25) is 0 Å². The minimum atomic E-state index is -0.441. The molecule has 0 radical (unpaired) electrons. The molecule has 4 heteroatoms. The maximum atomic E-state index is 11.8. The Kier molecular flexibility index (Phi) is 3.61. The molecule has 2 atom stereocenters. The third-order valence-electron chi connectivity index (χ3n) is 3.97. The minimum Gasteiger partial charge on any atom is -0.394 e. The van der Waals surface area contributed by atoms with Gasteiger partial charge in [0.1, 0.15) is 0 Å². The molecule has 2 fully saturated rings. The zero-order chi connectivity index (χ0) is 12.5. The second kappa shape index (κ2) is 4.84. The molecule has 3 N–H and O–H groups in total. The third-order valence-corrected chi connectivity index (χ3v) is 3.97. The normalized spacial score (nSPS) is 24.9. The summed E-state index contributed by atoms with van der Waals surface area (Å²) in [4.78, 5) is 11.8. The molecule has 0 aromatic rings. The van der Waals surface area contributed by atoms with Crippen LogP contribution >= 0.6 is 0 Å². The molecule has 17 heavy (non-hydrogen) atoms. The molecule has 2 aliphatic carbocycles. The second-order valence-corrected chi connectivity index (χ2v) is 6.03. The van der Waals surface area contributed by atoms with E-state index in [1.165, 1.54) is 12.8 Å². The molecule has 2 amide bonds. The molecule has 4 nitrogen and oxygen atoms in total. The lowest BCUT2D eigenvalue weighted by Gasteiger charge is -2.29. The Morgan fingerprint density at radius 3 is 2.53 bits per heavy atom. The zero-order valence-electron chi connectivity index (χ0n) is 10.8. The molecule has 2 rings (SSSR count). The van der Waals surface area contributed by atoms with Crippen molar-refractivity contribution in [3.8, 4) is 0 Å². The maximum Gasteiger partial charge on any atom is 0.315 e. The summed E-state index contributed by atoms with van der Waals surface area (Å²) in [5.74, 6) is 1.26. The van der Waals surface area contributed by atoms with Crippen molar-refractivity contribution in [2.75, 3.05) is 6.61 Å². The fraction of sp³-hybridized carbons (Fsp3) is 0.923. The van der Waals surface area contributed by atoms with Crippen LogP contribution in [-0.4, -0.2) is 29.3 Å². The summed E-state index contributed by atoms with van der Waals surface area (Å²) in [7, 11) is 0. The van der Waals surface area contributed by atoms with Crippen molar-refractivity contribution in [1.29, 1.82) is 0 Å². The largest absolute Gasteiger partial charge is 0.394 e. The monoisotopic (exact) mass is 240 g/mol. The summed E-state index contributed by atoms with van der Waals surface area (Å²) in [5, 5.41) is 15.3. The van der Waals surface area contributed by atoms with Gasteiger partial charge in [0.15, 0.2) is 0 Å². The highest BCUT2D eigenvalue weighted by Gasteiger charge is 2.42. The number of carbonyl (C=O) groups is 1. The average Bonchev–Trinajstić information content (AvgIpc) is 3.09. The predicted octanol–water partition coefficient (Wildman–Crippen LogP) is 1.64. The average molecular weight is 240 g/mol. The van der Waals surface area contributed by atoms with E-state index in [0.29, 0.717) is 5.92 Å². The SMILES string of the molecule is C[C@H](CC1CC1)NC(=O)N[C@@](C)(CO)C1CC1. The molecular formula is C13H24N2O2. The summed E-state index contributed by atoms with van der Waals surface area (Å²) >= 11 is 0. The Labute approximate surface area is 103 Å². The van der Waals surface area contributed by atoms with Gasteiger partial charge in [0, 0.05) is 6.04 Å². The van der Waals surface area contributed by atoms with Crippen LogP contribution in [0, 0.1) is 11.8 Å². The summed E-state index contributed by atoms with van der Waals surface area (Å²) in [5.41, 5.74) is -0.441. The molecule has 0 unspecified atom stereocenters. The Bertz CT molecular complexity index is 287. The number of nitrogens with one attached hydrogen (secondary N) is 2. The van der Waals surface area contributed by atoms with Gasteiger partial charge in [0.2, 0.25) is 0 Å². The molecule has 0 bridgehead atoms. The smallest absolute Gasteiger partial charge is 0.315 e. The van der Waals surface area contributed by atoms with E-state index >= 15 is 0 Å². The van der Waals surface area contributed by atoms with Crippen molar-refractivity contribution in [2.24, 2.45) is 11.8 Å². The quantitative estimate of drug-likeness (QED) is 0.661. The minimum absolute atomic E-state index is 0.0160. The Hall–Kier alpha value is -0.770. The van der Waals surface area contributed by atoms with Gasteiger partial charge in [0.05, 0.1) is 12.1 Å². The van der Waals surface area contributed by atoms with Gasteiger partial charge in [-0.25, -0.2) is 4.79 Å². The zero-order valence-corrected chi connectivity index (χ0v) is 10.8. The fourth-order valence-corrected chi connectivity index (χ4v) is 2.42. The second-order valence-electron chi connectivity index (χ2n) is 6.03. The molecule has 2 aliphatic rings. The third kappa shape index (κ3) is 3.60. The first-order valence-electron chi connectivity index (χ1n) is 6.73. The van der Waals surface area contributed by atoms with E-state index in [2.05, 4.69) is 10.6 Å². The molecule has 0 saturated heterocycles. The van der Waals surface area contributed by atoms with E-state index < -0.39 is 5.54 Å². The van der Waals surface area contributed by atoms with Gasteiger partial charge in [-0.1, -0.05) is 12.8 Å². The number of aliphatic hydroxyl groups excluding tert-OH is 1. The van der Waals surface area contributed by atoms with Gasteiger partial charge >= 0.3 is 6.03 Å². The summed E-state index contributed by atoms with van der Waals surface area (Å²) in [6.45, 7) is 3.99. The predicted molar refractivity (Wildman–Crippen MR) is 66.7 cm³/mol. The fourth-order valence-electron chi connectivity index (χ4n) is 2.42. The van der Waals surface area contributed by atoms with Crippen molar-refractivity contribution < 1.29 is 9.90 Å². The number of carbonyl (C=O) groups excluding carboxylic acids is 1. The highest BCUT2D eigenvalue weighted by molar-refractivity contribution is 5.75. The molecule has 0 aliphatic heterocycles. The van der Waals surface area contributed by atoms with E-state index in [9.17, 15) is 9.90 Å². The van der Waals surface area contributed by atoms with E-state index in [0.717, 1.165) is 25.2 Å². The molecule has 0 aromatic heterocycles.